The minimum Gasteiger partial charge on any atom is -0.379 e. The minimum atomic E-state index is -3.71. The fourth-order valence-corrected chi connectivity index (χ4v) is 6.69. The van der Waals surface area contributed by atoms with Gasteiger partial charge in [-0.1, -0.05) is 18.0 Å². The molecule has 1 N–H and O–H groups in total. The highest BCUT2D eigenvalue weighted by atomic mass is 35.5. The van der Waals surface area contributed by atoms with Crippen LogP contribution in [-0.4, -0.2) is 44.9 Å². The molecular weight excluding hydrogens is 388 g/mol. The Morgan fingerprint density at radius 1 is 1.22 bits per heavy atom. The van der Waals surface area contributed by atoms with Gasteiger partial charge in [0.2, 0.25) is 15.9 Å². The number of ether oxygens (including phenoxy) is 1. The van der Waals surface area contributed by atoms with E-state index in [1.54, 1.807) is 6.07 Å². The van der Waals surface area contributed by atoms with Gasteiger partial charge in [0.15, 0.2) is 0 Å². The van der Waals surface area contributed by atoms with Gasteiger partial charge >= 0.3 is 0 Å². The maximum absolute atomic E-state index is 12.9. The molecule has 3 fully saturated rings. The molecule has 27 heavy (non-hydrogen) atoms. The Labute approximate surface area is 165 Å². The van der Waals surface area contributed by atoms with E-state index >= 15 is 0 Å². The van der Waals surface area contributed by atoms with E-state index in [0.717, 1.165) is 12.3 Å². The number of anilines is 1. The van der Waals surface area contributed by atoms with Gasteiger partial charge < -0.3 is 10.1 Å². The molecule has 3 aliphatic rings. The number of halogens is 1. The summed E-state index contributed by atoms with van der Waals surface area (Å²) in [7, 11) is -3.71. The molecule has 4 rings (SSSR count). The third-order valence-electron chi connectivity index (χ3n) is 6.13. The molecule has 1 heterocycles. The molecular formula is C19H25ClN2O4S. The number of morpholine rings is 1. The van der Waals surface area contributed by atoms with Crippen LogP contribution in [0.15, 0.2) is 23.1 Å². The van der Waals surface area contributed by atoms with Crippen molar-refractivity contribution >= 4 is 33.2 Å². The fraction of sp³-hybridized carbons (Fsp3) is 0.632. The average Bonchev–Trinajstić information content (AvgIpc) is 3.27. The number of benzene rings is 1. The van der Waals surface area contributed by atoms with E-state index in [1.807, 2.05) is 0 Å². The molecule has 1 amide bonds. The monoisotopic (exact) mass is 412 g/mol. The van der Waals surface area contributed by atoms with Gasteiger partial charge in [-0.15, -0.1) is 0 Å². The number of nitrogens with zero attached hydrogens (tertiary/aromatic N) is 1. The van der Waals surface area contributed by atoms with Crippen LogP contribution in [0.2, 0.25) is 5.02 Å². The van der Waals surface area contributed by atoms with Crippen molar-refractivity contribution < 1.29 is 17.9 Å². The third-order valence-corrected chi connectivity index (χ3v) is 8.52. The predicted molar refractivity (Wildman–Crippen MR) is 103 cm³/mol. The Morgan fingerprint density at radius 2 is 2.00 bits per heavy atom. The molecule has 1 aliphatic heterocycles. The van der Waals surface area contributed by atoms with Crippen molar-refractivity contribution in [2.45, 2.75) is 37.0 Å². The van der Waals surface area contributed by atoms with Crippen LogP contribution in [0.3, 0.4) is 0 Å². The third kappa shape index (κ3) is 4.01. The van der Waals surface area contributed by atoms with Crippen LogP contribution in [0.4, 0.5) is 5.69 Å². The van der Waals surface area contributed by atoms with Crippen LogP contribution in [0.5, 0.6) is 0 Å². The molecule has 2 saturated carbocycles. The lowest BCUT2D eigenvalue weighted by molar-refractivity contribution is -0.117. The van der Waals surface area contributed by atoms with Crippen LogP contribution < -0.4 is 5.32 Å². The highest BCUT2D eigenvalue weighted by Gasteiger charge is 2.40. The van der Waals surface area contributed by atoms with E-state index in [-0.39, 0.29) is 15.8 Å². The molecule has 1 aromatic rings. The molecule has 8 heteroatoms. The first-order valence-corrected chi connectivity index (χ1v) is 11.4. The predicted octanol–water partition coefficient (Wildman–Crippen LogP) is 3.13. The topological polar surface area (TPSA) is 75.7 Å². The average molecular weight is 413 g/mol. The van der Waals surface area contributed by atoms with Gasteiger partial charge in [0.1, 0.15) is 4.90 Å². The molecule has 148 valence electrons. The van der Waals surface area contributed by atoms with E-state index < -0.39 is 10.0 Å². The highest BCUT2D eigenvalue weighted by molar-refractivity contribution is 7.89. The zero-order valence-electron chi connectivity index (χ0n) is 15.2. The lowest BCUT2D eigenvalue weighted by atomic mass is 9.86. The first kappa shape index (κ1) is 19.2. The smallest absolute Gasteiger partial charge is 0.244 e. The molecule has 2 aliphatic carbocycles. The van der Waals surface area contributed by atoms with E-state index in [2.05, 4.69) is 5.32 Å². The number of hydrogen-bond acceptors (Lipinski definition) is 4. The van der Waals surface area contributed by atoms with Crippen LogP contribution in [-0.2, 0) is 19.6 Å². The summed E-state index contributed by atoms with van der Waals surface area (Å²) in [4.78, 5) is 12.5. The molecule has 3 atom stereocenters. The van der Waals surface area contributed by atoms with Crippen LogP contribution >= 0.6 is 11.6 Å². The number of hydrogen-bond donors (Lipinski definition) is 1. The molecule has 0 aromatic heterocycles. The number of nitrogens with one attached hydrogen (secondary N) is 1. The summed E-state index contributed by atoms with van der Waals surface area (Å²) in [6.07, 6.45) is 5.47. The van der Waals surface area contributed by atoms with Crippen molar-refractivity contribution in [3.05, 3.63) is 23.2 Å². The van der Waals surface area contributed by atoms with Gasteiger partial charge in [0, 0.05) is 25.2 Å². The molecule has 0 spiro atoms. The van der Waals surface area contributed by atoms with Crippen molar-refractivity contribution in [2.24, 2.45) is 17.8 Å². The minimum absolute atomic E-state index is 0.0313. The Morgan fingerprint density at radius 3 is 2.67 bits per heavy atom. The number of amides is 1. The second kappa shape index (κ2) is 7.70. The van der Waals surface area contributed by atoms with Gasteiger partial charge in [-0.25, -0.2) is 8.42 Å². The molecule has 0 radical (unpaired) electrons. The summed E-state index contributed by atoms with van der Waals surface area (Å²) >= 11 is 6.17. The Bertz CT molecular complexity index is 823. The summed E-state index contributed by atoms with van der Waals surface area (Å²) in [5.74, 6) is 1.90. The first-order chi connectivity index (χ1) is 12.9. The zero-order chi connectivity index (χ0) is 19.0. The number of sulfonamides is 1. The van der Waals surface area contributed by atoms with Gasteiger partial charge in [0.25, 0.3) is 0 Å². The Kier molecular flexibility index (Phi) is 5.47. The number of rotatable bonds is 5. The lowest BCUT2D eigenvalue weighted by Gasteiger charge is -2.26. The maximum atomic E-state index is 12.9. The normalized spacial score (nSPS) is 28.4. The second-order valence-corrected chi connectivity index (χ2v) is 10.2. The lowest BCUT2D eigenvalue weighted by Crippen LogP contribution is -2.40. The van der Waals surface area contributed by atoms with E-state index in [1.165, 1.54) is 35.7 Å². The van der Waals surface area contributed by atoms with E-state index in [4.69, 9.17) is 16.3 Å². The van der Waals surface area contributed by atoms with E-state index in [9.17, 15) is 13.2 Å². The molecule has 1 saturated heterocycles. The summed E-state index contributed by atoms with van der Waals surface area (Å²) in [6.45, 7) is 1.35. The van der Waals surface area contributed by atoms with Gasteiger partial charge in [-0.2, -0.15) is 4.31 Å². The number of fused-ring (bicyclic) bond motifs is 2. The SMILES string of the molecule is O=C(CC1CC2CCC1C2)Nc1ccc(Cl)c(S(=O)(=O)N2CCOCC2)c1. The quantitative estimate of drug-likeness (QED) is 0.806. The van der Waals surface area contributed by atoms with Crippen molar-refractivity contribution in [1.82, 2.24) is 4.31 Å². The maximum Gasteiger partial charge on any atom is 0.244 e. The number of carbonyl (C=O) groups is 1. The van der Waals surface area contributed by atoms with Gasteiger partial charge in [0.05, 0.1) is 18.2 Å². The molecule has 2 bridgehead atoms. The van der Waals surface area contributed by atoms with Crippen LogP contribution in [0.25, 0.3) is 0 Å². The van der Waals surface area contributed by atoms with Crippen molar-refractivity contribution in [2.75, 3.05) is 31.6 Å². The summed E-state index contributed by atoms with van der Waals surface area (Å²) in [6, 6.07) is 4.65. The Balaban J connectivity index is 1.46. The highest BCUT2D eigenvalue weighted by Crippen LogP contribution is 2.49. The first-order valence-electron chi connectivity index (χ1n) is 9.61. The Hall–Kier alpha value is -1.15. The largest absolute Gasteiger partial charge is 0.379 e. The van der Waals surface area contributed by atoms with Crippen molar-refractivity contribution in [3.63, 3.8) is 0 Å². The van der Waals surface area contributed by atoms with Crippen molar-refractivity contribution in [1.29, 1.82) is 0 Å². The van der Waals surface area contributed by atoms with Crippen LogP contribution in [0, 0.1) is 17.8 Å². The van der Waals surface area contributed by atoms with Crippen molar-refractivity contribution in [3.8, 4) is 0 Å². The zero-order valence-corrected chi connectivity index (χ0v) is 16.8. The summed E-state index contributed by atoms with van der Waals surface area (Å²) < 4.78 is 32.4. The van der Waals surface area contributed by atoms with Gasteiger partial charge in [-0.3, -0.25) is 4.79 Å². The van der Waals surface area contributed by atoms with Gasteiger partial charge in [-0.05, 0) is 55.2 Å². The molecule has 1 aromatic carbocycles. The standard InChI is InChI=1S/C19H25ClN2O4S/c20-17-4-3-16(12-18(17)27(24,25)22-5-7-26-8-6-22)21-19(23)11-15-10-13-1-2-14(15)9-13/h3-4,12-15H,1-2,5-11H2,(H,21,23). The fourth-order valence-electron chi connectivity index (χ4n) is 4.78. The van der Waals surface area contributed by atoms with E-state index in [0.29, 0.717) is 50.2 Å². The molecule has 3 unspecified atom stereocenters. The van der Waals surface area contributed by atoms with Crippen LogP contribution in [0.1, 0.15) is 32.1 Å². The number of carbonyl (C=O) groups excluding carboxylic acids is 1. The summed E-state index contributed by atoms with van der Waals surface area (Å²) in [5.41, 5.74) is 0.472. The molecule has 6 nitrogen and oxygen atoms in total. The summed E-state index contributed by atoms with van der Waals surface area (Å²) in [5, 5.41) is 3.03. The second-order valence-electron chi connectivity index (χ2n) is 7.85.